The van der Waals surface area contributed by atoms with Gasteiger partial charge in [-0.3, -0.25) is 4.79 Å². The number of aromatic nitrogens is 2. The van der Waals surface area contributed by atoms with Gasteiger partial charge in [-0.15, -0.1) is 11.3 Å². The van der Waals surface area contributed by atoms with Crippen molar-refractivity contribution in [3.05, 3.63) is 58.2 Å². The number of halogens is 4. The maximum Gasteiger partial charge on any atom is 0.433 e. The van der Waals surface area contributed by atoms with Crippen molar-refractivity contribution in [2.75, 3.05) is 18.2 Å². The van der Waals surface area contributed by atoms with Crippen molar-refractivity contribution in [3.8, 4) is 11.1 Å². The summed E-state index contributed by atoms with van der Waals surface area (Å²) in [6.07, 6.45) is -3.64. The van der Waals surface area contributed by atoms with Crippen molar-refractivity contribution in [3.63, 3.8) is 0 Å². The van der Waals surface area contributed by atoms with E-state index in [4.69, 9.17) is 16.3 Å². The molecule has 0 bridgehead atoms. The number of ether oxygens (including phenoxy) is 1. The molecule has 3 rings (SSSR count). The number of anilines is 1. The van der Waals surface area contributed by atoms with Crippen LogP contribution in [0.25, 0.3) is 11.1 Å². The van der Waals surface area contributed by atoms with Gasteiger partial charge in [0.2, 0.25) is 5.91 Å². The van der Waals surface area contributed by atoms with Gasteiger partial charge in [-0.2, -0.15) is 13.2 Å². The number of thiophene rings is 1. The lowest BCUT2D eigenvalue weighted by Crippen LogP contribution is -2.16. The Balaban J connectivity index is 1.78. The number of thioether (sulfide) groups is 1. The highest BCUT2D eigenvalue weighted by atomic mass is 35.5. The van der Waals surface area contributed by atoms with E-state index < -0.39 is 23.7 Å². The smallest absolute Gasteiger partial charge is 0.433 e. The summed E-state index contributed by atoms with van der Waals surface area (Å²) in [5.41, 5.74) is 0.120. The summed E-state index contributed by atoms with van der Waals surface area (Å²) in [6, 6.07) is 7.63. The van der Waals surface area contributed by atoms with Gasteiger partial charge in [0.1, 0.15) is 16.3 Å². The van der Waals surface area contributed by atoms with Gasteiger partial charge in [0.05, 0.1) is 12.9 Å². The topological polar surface area (TPSA) is 81.2 Å². The van der Waals surface area contributed by atoms with Crippen LogP contribution >= 0.6 is 34.7 Å². The van der Waals surface area contributed by atoms with Crippen molar-refractivity contribution < 1.29 is 27.5 Å². The molecule has 162 valence electrons. The lowest BCUT2D eigenvalue weighted by atomic mass is 10.0. The van der Waals surface area contributed by atoms with Crippen molar-refractivity contribution in [2.45, 2.75) is 11.3 Å². The number of nitrogens with zero attached hydrogens (tertiary/aromatic N) is 2. The fourth-order valence-corrected chi connectivity index (χ4v) is 4.33. The summed E-state index contributed by atoms with van der Waals surface area (Å²) in [7, 11) is 1.21. The molecule has 12 heteroatoms. The van der Waals surface area contributed by atoms with Gasteiger partial charge in [-0.1, -0.05) is 41.6 Å². The summed E-state index contributed by atoms with van der Waals surface area (Å²) >= 11 is 8.06. The zero-order chi connectivity index (χ0) is 22.6. The van der Waals surface area contributed by atoms with Crippen LogP contribution in [0.1, 0.15) is 16.1 Å². The number of carbonyl (C=O) groups is 2. The Morgan fingerprint density at radius 3 is 2.65 bits per heavy atom. The van der Waals surface area contributed by atoms with Crippen LogP contribution in [0.15, 0.2) is 47.1 Å². The number of rotatable bonds is 6. The standard InChI is InChI=1S/C19H13ClF3N3O3S2/c1-29-17(28)15-11(10-4-2-3-5-12(10)20)8-30-16(15)26-14(27)9-31-18-24-7-6-13(25-18)19(21,22)23/h2-8H,9H2,1H3,(H,26,27). The van der Waals surface area contributed by atoms with Gasteiger partial charge in [0.25, 0.3) is 0 Å². The lowest BCUT2D eigenvalue weighted by molar-refractivity contribution is -0.141. The number of amides is 1. The first-order valence-corrected chi connectivity index (χ1v) is 10.7. The Labute approximate surface area is 187 Å². The van der Waals surface area contributed by atoms with Crippen molar-refractivity contribution >= 4 is 51.6 Å². The van der Waals surface area contributed by atoms with E-state index in [0.29, 0.717) is 16.1 Å². The van der Waals surface area contributed by atoms with E-state index in [-0.39, 0.29) is 21.5 Å². The van der Waals surface area contributed by atoms with Gasteiger partial charge in [-0.05, 0) is 12.1 Å². The Morgan fingerprint density at radius 1 is 1.23 bits per heavy atom. The Bertz CT molecular complexity index is 1120. The van der Waals surface area contributed by atoms with Crippen LogP contribution < -0.4 is 5.32 Å². The fourth-order valence-electron chi connectivity index (χ4n) is 2.49. The SMILES string of the molecule is COC(=O)c1c(-c2ccccc2Cl)csc1NC(=O)CSc1nccc(C(F)(F)F)n1. The molecule has 0 unspecified atom stereocenters. The third kappa shape index (κ3) is 5.54. The third-order valence-corrected chi connectivity index (χ3v) is 5.94. The first-order chi connectivity index (χ1) is 14.7. The summed E-state index contributed by atoms with van der Waals surface area (Å²) in [6.45, 7) is 0. The molecule has 0 saturated heterocycles. The highest BCUT2D eigenvalue weighted by Crippen LogP contribution is 2.39. The molecular weight excluding hydrogens is 475 g/mol. The van der Waals surface area contributed by atoms with Crippen molar-refractivity contribution in [1.82, 2.24) is 9.97 Å². The zero-order valence-corrected chi connectivity index (χ0v) is 18.1. The number of alkyl halides is 3. The van der Waals surface area contributed by atoms with E-state index in [1.807, 2.05) is 0 Å². The molecule has 1 aromatic carbocycles. The number of carbonyl (C=O) groups excluding carboxylic acids is 2. The van der Waals surface area contributed by atoms with E-state index in [1.165, 1.54) is 7.11 Å². The van der Waals surface area contributed by atoms with E-state index in [9.17, 15) is 22.8 Å². The Morgan fingerprint density at radius 2 is 1.97 bits per heavy atom. The monoisotopic (exact) mass is 487 g/mol. The van der Waals surface area contributed by atoms with Gasteiger partial charge in [-0.25, -0.2) is 14.8 Å². The molecule has 0 saturated carbocycles. The summed E-state index contributed by atoms with van der Waals surface area (Å²) in [4.78, 5) is 31.8. The second-order valence-electron chi connectivity index (χ2n) is 5.88. The van der Waals surface area contributed by atoms with E-state index in [0.717, 1.165) is 35.4 Å². The number of hydrogen-bond acceptors (Lipinski definition) is 7. The molecule has 31 heavy (non-hydrogen) atoms. The first kappa shape index (κ1) is 23.0. The predicted molar refractivity (Wildman–Crippen MR) is 112 cm³/mol. The molecule has 0 aliphatic carbocycles. The Kier molecular flexibility index (Phi) is 7.19. The average molecular weight is 488 g/mol. The van der Waals surface area contributed by atoms with Gasteiger partial charge in [0.15, 0.2) is 5.16 Å². The number of benzene rings is 1. The molecular formula is C19H13ClF3N3O3S2. The second kappa shape index (κ2) is 9.67. The van der Waals surface area contributed by atoms with Crippen molar-refractivity contribution in [2.24, 2.45) is 0 Å². The summed E-state index contributed by atoms with van der Waals surface area (Å²) < 4.78 is 43.1. The lowest BCUT2D eigenvalue weighted by Gasteiger charge is -2.09. The summed E-state index contributed by atoms with van der Waals surface area (Å²) in [5, 5.41) is 4.70. The molecule has 0 aliphatic heterocycles. The van der Waals surface area contributed by atoms with Crippen LogP contribution in [0.2, 0.25) is 5.02 Å². The minimum atomic E-state index is -4.61. The molecule has 0 radical (unpaired) electrons. The number of methoxy groups -OCH3 is 1. The van der Waals surface area contributed by atoms with E-state index in [1.54, 1.807) is 29.6 Å². The highest BCUT2D eigenvalue weighted by molar-refractivity contribution is 7.99. The minimum absolute atomic E-state index is 0.134. The second-order valence-corrected chi connectivity index (χ2v) is 8.11. The number of esters is 1. The molecule has 0 spiro atoms. The number of nitrogens with one attached hydrogen (secondary N) is 1. The largest absolute Gasteiger partial charge is 0.465 e. The van der Waals surface area contributed by atoms with Crippen LogP contribution in [0.5, 0.6) is 0 Å². The van der Waals surface area contributed by atoms with Crippen LogP contribution in [0.3, 0.4) is 0 Å². The minimum Gasteiger partial charge on any atom is -0.465 e. The molecule has 1 amide bonds. The van der Waals surface area contributed by atoms with Crippen LogP contribution in [-0.4, -0.2) is 34.7 Å². The Hall–Kier alpha value is -2.63. The van der Waals surface area contributed by atoms with Crippen LogP contribution in [-0.2, 0) is 15.7 Å². The molecule has 0 atom stereocenters. The molecule has 2 heterocycles. The van der Waals surface area contributed by atoms with Gasteiger partial charge in [0, 0.05) is 27.7 Å². The normalized spacial score (nSPS) is 11.3. The zero-order valence-electron chi connectivity index (χ0n) is 15.7. The van der Waals surface area contributed by atoms with E-state index >= 15 is 0 Å². The third-order valence-electron chi connectivity index (χ3n) is 3.85. The quantitative estimate of drug-likeness (QED) is 0.285. The van der Waals surface area contributed by atoms with Gasteiger partial charge < -0.3 is 10.1 Å². The fraction of sp³-hybridized carbons (Fsp3) is 0.158. The van der Waals surface area contributed by atoms with Crippen LogP contribution in [0.4, 0.5) is 18.2 Å². The molecule has 2 aromatic heterocycles. The predicted octanol–water partition coefficient (Wildman–Crippen LogP) is 5.39. The molecule has 1 N–H and O–H groups in total. The maximum atomic E-state index is 12.7. The molecule has 0 aliphatic rings. The first-order valence-electron chi connectivity index (χ1n) is 8.48. The van der Waals surface area contributed by atoms with Crippen LogP contribution in [0, 0.1) is 0 Å². The van der Waals surface area contributed by atoms with Crippen molar-refractivity contribution in [1.29, 1.82) is 0 Å². The molecule has 0 fully saturated rings. The molecule has 3 aromatic rings. The van der Waals surface area contributed by atoms with Gasteiger partial charge >= 0.3 is 12.1 Å². The van der Waals surface area contributed by atoms with E-state index in [2.05, 4.69) is 15.3 Å². The average Bonchev–Trinajstić information content (AvgIpc) is 3.14. The molecule has 6 nitrogen and oxygen atoms in total. The number of hydrogen-bond donors (Lipinski definition) is 1. The highest BCUT2D eigenvalue weighted by Gasteiger charge is 2.32. The summed E-state index contributed by atoms with van der Waals surface area (Å²) in [5.74, 6) is -1.48. The maximum absolute atomic E-state index is 12.7.